The molecule has 2 nitrogen and oxygen atoms in total. The largest absolute Gasteiger partial charge is 0.366 e. The number of nitrogens with two attached hydrogens (primary N) is 1. The third kappa shape index (κ3) is 3.00. The second-order valence-electron chi connectivity index (χ2n) is 6.05. The molecule has 0 aliphatic rings. The van der Waals surface area contributed by atoms with Crippen LogP contribution in [0.15, 0.2) is 97.1 Å². The highest BCUT2D eigenvalue weighted by Crippen LogP contribution is 2.35. The third-order valence-corrected chi connectivity index (χ3v) is 6.91. The second-order valence-corrected chi connectivity index (χ2v) is 8.24. The lowest BCUT2D eigenvalue weighted by Gasteiger charge is -2.22. The number of hydrogen-bond acceptors (Lipinski definition) is 1. The number of carbonyl (C=O) groups is 1. The van der Waals surface area contributed by atoms with Gasteiger partial charge in [-0.05, 0) is 34.6 Å². The lowest BCUT2D eigenvalue weighted by Crippen LogP contribution is -2.28. The summed E-state index contributed by atoms with van der Waals surface area (Å²) >= 11 is 0. The van der Waals surface area contributed by atoms with Gasteiger partial charge in [0.05, 0.1) is 5.56 Å². The number of fused-ring (bicyclic) bond motifs is 1. The molecule has 0 spiro atoms. The van der Waals surface area contributed by atoms with E-state index in [0.717, 1.165) is 16.1 Å². The molecule has 0 aliphatic heterocycles. The van der Waals surface area contributed by atoms with Gasteiger partial charge in [-0.2, -0.15) is 0 Å². The summed E-state index contributed by atoms with van der Waals surface area (Å²) in [4.78, 5) is 12.4. The minimum absolute atomic E-state index is 0.379. The first-order chi connectivity index (χ1) is 12.8. The Morgan fingerprint density at radius 2 is 1.19 bits per heavy atom. The molecule has 0 atom stereocenters. The highest BCUT2D eigenvalue weighted by Gasteiger charge is 2.23. The summed E-state index contributed by atoms with van der Waals surface area (Å²) in [6, 6.07) is 32.7. The summed E-state index contributed by atoms with van der Waals surface area (Å²) in [5, 5.41) is 5.35. The van der Waals surface area contributed by atoms with Crippen molar-refractivity contribution in [3.63, 3.8) is 0 Å². The lowest BCUT2D eigenvalue weighted by atomic mass is 10.0. The predicted octanol–water partition coefficient (Wildman–Crippen LogP) is 3.70. The second kappa shape index (κ2) is 7.11. The molecule has 0 aromatic heterocycles. The van der Waals surface area contributed by atoms with Gasteiger partial charge in [-0.25, -0.2) is 0 Å². The fourth-order valence-corrected chi connectivity index (χ4v) is 5.76. The number of amides is 1. The Bertz CT molecular complexity index is 1020. The lowest BCUT2D eigenvalue weighted by molar-refractivity contribution is 0.100. The topological polar surface area (TPSA) is 43.1 Å². The van der Waals surface area contributed by atoms with Crippen LogP contribution in [0.4, 0.5) is 0 Å². The van der Waals surface area contributed by atoms with E-state index in [1.165, 1.54) is 10.6 Å². The van der Waals surface area contributed by atoms with Crippen LogP contribution in [-0.4, -0.2) is 5.91 Å². The Hall–Kier alpha value is -2.96. The third-order valence-electron chi connectivity index (χ3n) is 4.42. The summed E-state index contributed by atoms with van der Waals surface area (Å²) in [7, 11) is -0.873. The molecular weight excluding hydrogens is 337 g/mol. The molecule has 1 amide bonds. The van der Waals surface area contributed by atoms with Gasteiger partial charge in [0.25, 0.3) is 0 Å². The molecule has 4 aromatic carbocycles. The summed E-state index contributed by atoms with van der Waals surface area (Å²) in [5.74, 6) is -0.379. The van der Waals surface area contributed by atoms with Crippen LogP contribution in [-0.2, 0) is 0 Å². The summed E-state index contributed by atoms with van der Waals surface area (Å²) < 4.78 is 0. The van der Waals surface area contributed by atoms with E-state index in [2.05, 4.69) is 36.4 Å². The van der Waals surface area contributed by atoms with Crippen molar-refractivity contribution in [2.24, 2.45) is 5.73 Å². The van der Waals surface area contributed by atoms with Crippen LogP contribution >= 0.6 is 7.92 Å². The molecule has 3 heteroatoms. The standard InChI is InChI=1S/C23H18NOP/c24-23(25)22-20-14-8-7-9-17(20)15-16-21(22)26(18-10-3-1-4-11-18)19-12-5-2-6-13-19/h1-16H,(H2,24,25). The smallest absolute Gasteiger partial charge is 0.250 e. The van der Waals surface area contributed by atoms with Crippen molar-refractivity contribution in [1.29, 1.82) is 0 Å². The number of rotatable bonds is 4. The molecule has 0 aliphatic carbocycles. The minimum Gasteiger partial charge on any atom is -0.366 e. The highest BCUT2D eigenvalue weighted by atomic mass is 31.1. The quantitative estimate of drug-likeness (QED) is 0.558. The van der Waals surface area contributed by atoms with Gasteiger partial charge >= 0.3 is 0 Å². The van der Waals surface area contributed by atoms with Gasteiger partial charge < -0.3 is 5.73 Å². The van der Waals surface area contributed by atoms with E-state index in [-0.39, 0.29) is 5.91 Å². The molecule has 0 unspecified atom stereocenters. The maximum Gasteiger partial charge on any atom is 0.250 e. The van der Waals surface area contributed by atoms with Crippen molar-refractivity contribution in [3.05, 3.63) is 103 Å². The Morgan fingerprint density at radius 1 is 0.654 bits per heavy atom. The Labute approximate surface area is 154 Å². The summed E-state index contributed by atoms with van der Waals surface area (Å²) in [6.07, 6.45) is 0. The van der Waals surface area contributed by atoms with Gasteiger partial charge in [0.15, 0.2) is 0 Å². The van der Waals surface area contributed by atoms with Crippen molar-refractivity contribution < 1.29 is 4.79 Å². The van der Waals surface area contributed by atoms with E-state index < -0.39 is 7.92 Å². The van der Waals surface area contributed by atoms with Crippen LogP contribution in [0.5, 0.6) is 0 Å². The molecule has 0 heterocycles. The van der Waals surface area contributed by atoms with Crippen molar-refractivity contribution in [3.8, 4) is 0 Å². The number of carbonyl (C=O) groups excluding carboxylic acids is 1. The zero-order valence-corrected chi connectivity index (χ0v) is 15.1. The fraction of sp³-hybridized carbons (Fsp3) is 0. The molecule has 26 heavy (non-hydrogen) atoms. The zero-order valence-electron chi connectivity index (χ0n) is 14.2. The average molecular weight is 355 g/mol. The first kappa shape index (κ1) is 16.5. The van der Waals surface area contributed by atoms with E-state index in [1.54, 1.807) is 0 Å². The van der Waals surface area contributed by atoms with Crippen LogP contribution < -0.4 is 21.6 Å². The van der Waals surface area contributed by atoms with E-state index in [0.29, 0.717) is 5.56 Å². The van der Waals surface area contributed by atoms with Gasteiger partial charge in [0, 0.05) is 0 Å². The van der Waals surface area contributed by atoms with Crippen LogP contribution in [0, 0.1) is 0 Å². The van der Waals surface area contributed by atoms with E-state index in [4.69, 9.17) is 5.73 Å². The molecule has 0 saturated carbocycles. The first-order valence-electron chi connectivity index (χ1n) is 8.47. The van der Waals surface area contributed by atoms with Gasteiger partial charge in [-0.3, -0.25) is 4.79 Å². The van der Waals surface area contributed by atoms with Crippen molar-refractivity contribution in [2.45, 2.75) is 0 Å². The number of hydrogen-bond donors (Lipinski definition) is 1. The zero-order chi connectivity index (χ0) is 17.9. The first-order valence-corrected chi connectivity index (χ1v) is 9.81. The Kier molecular flexibility index (Phi) is 4.51. The van der Waals surface area contributed by atoms with Crippen LogP contribution in [0.1, 0.15) is 10.4 Å². The molecule has 126 valence electrons. The van der Waals surface area contributed by atoms with Crippen LogP contribution in [0.25, 0.3) is 10.8 Å². The Morgan fingerprint density at radius 3 is 1.77 bits per heavy atom. The van der Waals surface area contributed by atoms with Crippen LogP contribution in [0.3, 0.4) is 0 Å². The van der Waals surface area contributed by atoms with Crippen molar-refractivity contribution >= 4 is 40.5 Å². The van der Waals surface area contributed by atoms with E-state index in [1.807, 2.05) is 60.7 Å². The van der Waals surface area contributed by atoms with Crippen molar-refractivity contribution in [1.82, 2.24) is 0 Å². The molecule has 0 radical (unpaired) electrons. The van der Waals surface area contributed by atoms with Crippen molar-refractivity contribution in [2.75, 3.05) is 0 Å². The monoisotopic (exact) mass is 355 g/mol. The van der Waals surface area contributed by atoms with E-state index >= 15 is 0 Å². The SMILES string of the molecule is NC(=O)c1c(P(c2ccccc2)c2ccccc2)ccc2ccccc12. The molecule has 0 fully saturated rings. The number of primary amides is 1. The summed E-state index contributed by atoms with van der Waals surface area (Å²) in [5.41, 5.74) is 6.47. The molecule has 2 N–H and O–H groups in total. The maximum atomic E-state index is 12.4. The molecule has 0 saturated heterocycles. The minimum atomic E-state index is -0.873. The van der Waals surface area contributed by atoms with E-state index in [9.17, 15) is 4.79 Å². The van der Waals surface area contributed by atoms with Gasteiger partial charge in [0.1, 0.15) is 0 Å². The normalized spacial score (nSPS) is 11.0. The molecule has 4 rings (SSSR count). The summed E-state index contributed by atoms with van der Waals surface area (Å²) in [6.45, 7) is 0. The maximum absolute atomic E-state index is 12.4. The molecule has 0 bridgehead atoms. The van der Waals surface area contributed by atoms with Crippen LogP contribution in [0.2, 0.25) is 0 Å². The fourth-order valence-electron chi connectivity index (χ4n) is 3.29. The van der Waals surface area contributed by atoms with Gasteiger partial charge in [-0.15, -0.1) is 0 Å². The van der Waals surface area contributed by atoms with Gasteiger partial charge in [-0.1, -0.05) is 97.1 Å². The Balaban J connectivity index is 2.03. The predicted molar refractivity (Wildman–Crippen MR) is 111 cm³/mol. The number of benzene rings is 4. The molecule has 4 aromatic rings. The highest BCUT2D eigenvalue weighted by molar-refractivity contribution is 7.80. The van der Waals surface area contributed by atoms with Gasteiger partial charge in [0.2, 0.25) is 5.91 Å². The molecular formula is C23H18NOP. The average Bonchev–Trinajstić information content (AvgIpc) is 2.69.